The predicted molar refractivity (Wildman–Crippen MR) is 36.4 cm³/mol. The van der Waals surface area contributed by atoms with Crippen LogP contribution in [0.25, 0.3) is 0 Å². The zero-order valence-corrected chi connectivity index (χ0v) is 6.22. The maximum atomic E-state index is 5.21. The highest BCUT2D eigenvalue weighted by molar-refractivity contribution is 5.26. The average molecular weight is 138 g/mol. The van der Waals surface area contributed by atoms with E-state index in [0.717, 1.165) is 12.3 Å². The van der Waals surface area contributed by atoms with E-state index in [1.54, 1.807) is 0 Å². The summed E-state index contributed by atoms with van der Waals surface area (Å²) in [5.74, 6) is 0. The van der Waals surface area contributed by atoms with E-state index in [1.807, 2.05) is 11.7 Å². The summed E-state index contributed by atoms with van der Waals surface area (Å²) in [7, 11) is 1.97. The van der Waals surface area contributed by atoms with Crippen LogP contribution in [0.15, 0.2) is 0 Å². The second-order valence-corrected chi connectivity index (χ2v) is 2.63. The van der Waals surface area contributed by atoms with Gasteiger partial charge in [0.05, 0.1) is 18.9 Å². The number of rotatable bonds is 0. The van der Waals surface area contributed by atoms with Gasteiger partial charge in [0.25, 0.3) is 0 Å². The molecule has 0 N–H and O–H groups in total. The largest absolute Gasteiger partial charge is 0.370 e. The average Bonchev–Trinajstić information content (AvgIpc) is 2.41. The molecule has 0 saturated heterocycles. The van der Waals surface area contributed by atoms with Crippen LogP contribution in [0.1, 0.15) is 17.0 Å². The molecular weight excluding hydrogens is 128 g/mol. The summed E-state index contributed by atoms with van der Waals surface area (Å²) >= 11 is 0. The number of aromatic nitrogens is 2. The molecule has 0 unspecified atom stereocenters. The lowest BCUT2D eigenvalue weighted by atomic mass is 10.2. The summed E-state index contributed by atoms with van der Waals surface area (Å²) in [5.41, 5.74) is 3.62. The Morgan fingerprint density at radius 3 is 3.00 bits per heavy atom. The van der Waals surface area contributed by atoms with Crippen LogP contribution in [0, 0.1) is 6.92 Å². The maximum absolute atomic E-state index is 5.21. The third kappa shape index (κ3) is 0.609. The first-order chi connectivity index (χ1) is 4.79. The molecule has 0 aromatic carbocycles. The van der Waals surface area contributed by atoms with Crippen LogP contribution >= 0.6 is 0 Å². The van der Waals surface area contributed by atoms with E-state index in [9.17, 15) is 0 Å². The van der Waals surface area contributed by atoms with Crippen molar-refractivity contribution in [3.8, 4) is 0 Å². The third-order valence-corrected chi connectivity index (χ3v) is 2.03. The van der Waals surface area contributed by atoms with Crippen molar-refractivity contribution in [2.24, 2.45) is 7.05 Å². The first kappa shape index (κ1) is 5.92. The molecule has 0 fully saturated rings. The smallest absolute Gasteiger partial charge is 0.0939 e. The van der Waals surface area contributed by atoms with Crippen molar-refractivity contribution in [1.82, 2.24) is 9.78 Å². The first-order valence-corrected chi connectivity index (χ1v) is 3.38. The fraction of sp³-hybridized carbons (Fsp3) is 0.571. The minimum atomic E-state index is 0.691. The predicted octanol–water partition coefficient (Wildman–Crippen LogP) is 0.759. The highest BCUT2D eigenvalue weighted by atomic mass is 16.5. The van der Waals surface area contributed by atoms with Crippen LogP contribution < -0.4 is 0 Å². The van der Waals surface area contributed by atoms with E-state index in [1.165, 1.54) is 11.3 Å². The molecule has 54 valence electrons. The van der Waals surface area contributed by atoms with Gasteiger partial charge in [0.2, 0.25) is 0 Å². The van der Waals surface area contributed by atoms with Gasteiger partial charge in [0.15, 0.2) is 0 Å². The number of aryl methyl sites for hydroxylation is 1. The Labute approximate surface area is 59.6 Å². The van der Waals surface area contributed by atoms with E-state index in [2.05, 4.69) is 12.0 Å². The summed E-state index contributed by atoms with van der Waals surface area (Å²) in [6.45, 7) is 3.51. The van der Waals surface area contributed by atoms with Gasteiger partial charge in [-0.2, -0.15) is 5.10 Å². The van der Waals surface area contributed by atoms with Gasteiger partial charge < -0.3 is 4.74 Å². The topological polar surface area (TPSA) is 27.1 Å². The number of hydrogen-bond donors (Lipinski definition) is 0. The standard InChI is InChI=1S/C7H10N2O/c1-5-6-3-10-4-7(6)8-9(5)2/h3-4H2,1-2H3. The molecule has 3 nitrogen and oxygen atoms in total. The number of ether oxygens (including phenoxy) is 1. The van der Waals surface area contributed by atoms with Gasteiger partial charge in [-0.05, 0) is 6.92 Å². The van der Waals surface area contributed by atoms with Crippen LogP contribution in [0.4, 0.5) is 0 Å². The molecule has 0 amide bonds. The first-order valence-electron chi connectivity index (χ1n) is 3.38. The Morgan fingerprint density at radius 1 is 1.50 bits per heavy atom. The Hall–Kier alpha value is -0.830. The van der Waals surface area contributed by atoms with Crippen LogP contribution in [0.3, 0.4) is 0 Å². The Kier molecular flexibility index (Phi) is 1.08. The van der Waals surface area contributed by atoms with Crippen molar-refractivity contribution >= 4 is 0 Å². The van der Waals surface area contributed by atoms with Crippen molar-refractivity contribution in [3.05, 3.63) is 17.0 Å². The second kappa shape index (κ2) is 1.83. The molecule has 0 bridgehead atoms. The quantitative estimate of drug-likeness (QED) is 0.529. The maximum Gasteiger partial charge on any atom is 0.0939 e. The molecule has 2 heterocycles. The van der Waals surface area contributed by atoms with Gasteiger partial charge in [-0.25, -0.2) is 0 Å². The normalized spacial score (nSPS) is 15.8. The lowest BCUT2D eigenvalue weighted by molar-refractivity contribution is 0.130. The minimum absolute atomic E-state index is 0.691. The zero-order valence-electron chi connectivity index (χ0n) is 6.22. The van der Waals surface area contributed by atoms with Gasteiger partial charge in [-0.15, -0.1) is 0 Å². The summed E-state index contributed by atoms with van der Waals surface area (Å²) in [5, 5.41) is 4.28. The lowest BCUT2D eigenvalue weighted by Gasteiger charge is -1.95. The van der Waals surface area contributed by atoms with E-state index >= 15 is 0 Å². The highest BCUT2D eigenvalue weighted by Crippen LogP contribution is 2.20. The van der Waals surface area contributed by atoms with E-state index in [4.69, 9.17) is 4.74 Å². The number of nitrogens with zero attached hydrogens (tertiary/aromatic N) is 2. The molecule has 1 aromatic heterocycles. The summed E-state index contributed by atoms with van der Waals surface area (Å²) < 4.78 is 7.12. The molecule has 0 aliphatic carbocycles. The van der Waals surface area contributed by atoms with Crippen LogP contribution in [0.2, 0.25) is 0 Å². The van der Waals surface area contributed by atoms with Crippen molar-refractivity contribution in [2.75, 3.05) is 0 Å². The molecule has 0 saturated carbocycles. The Bertz CT molecular complexity index is 265. The molecule has 2 rings (SSSR count). The van der Waals surface area contributed by atoms with Gasteiger partial charge in [0, 0.05) is 18.3 Å². The van der Waals surface area contributed by atoms with Gasteiger partial charge >= 0.3 is 0 Å². The molecule has 10 heavy (non-hydrogen) atoms. The number of hydrogen-bond acceptors (Lipinski definition) is 2. The van der Waals surface area contributed by atoms with Crippen molar-refractivity contribution in [3.63, 3.8) is 0 Å². The number of fused-ring (bicyclic) bond motifs is 1. The van der Waals surface area contributed by atoms with E-state index < -0.39 is 0 Å². The summed E-state index contributed by atoms with van der Waals surface area (Å²) in [4.78, 5) is 0. The van der Waals surface area contributed by atoms with E-state index in [-0.39, 0.29) is 0 Å². The van der Waals surface area contributed by atoms with Crippen molar-refractivity contribution in [2.45, 2.75) is 20.1 Å². The monoisotopic (exact) mass is 138 g/mol. The highest BCUT2D eigenvalue weighted by Gasteiger charge is 2.17. The van der Waals surface area contributed by atoms with Gasteiger partial charge in [-0.3, -0.25) is 4.68 Å². The van der Waals surface area contributed by atoms with Gasteiger partial charge in [-0.1, -0.05) is 0 Å². The van der Waals surface area contributed by atoms with Gasteiger partial charge in [0.1, 0.15) is 0 Å². The molecule has 0 atom stereocenters. The second-order valence-electron chi connectivity index (χ2n) is 2.63. The van der Waals surface area contributed by atoms with Crippen LogP contribution in [-0.4, -0.2) is 9.78 Å². The SMILES string of the molecule is Cc1c2c(nn1C)COC2. The fourth-order valence-electron chi connectivity index (χ4n) is 1.27. The van der Waals surface area contributed by atoms with Crippen LogP contribution in [0.5, 0.6) is 0 Å². The molecule has 1 aliphatic rings. The molecule has 3 heteroatoms. The molecule has 0 spiro atoms. The Balaban J connectivity index is 2.59. The molecular formula is C7H10N2O. The lowest BCUT2D eigenvalue weighted by Crippen LogP contribution is -1.96. The molecule has 1 aromatic rings. The minimum Gasteiger partial charge on any atom is -0.370 e. The fourth-order valence-corrected chi connectivity index (χ4v) is 1.27. The van der Waals surface area contributed by atoms with E-state index in [0.29, 0.717) is 6.61 Å². The van der Waals surface area contributed by atoms with Crippen LogP contribution in [-0.2, 0) is 25.0 Å². The molecule has 0 radical (unpaired) electrons. The summed E-state index contributed by atoms with van der Waals surface area (Å²) in [6.07, 6.45) is 0. The van der Waals surface area contributed by atoms with Crippen molar-refractivity contribution < 1.29 is 4.74 Å². The third-order valence-electron chi connectivity index (χ3n) is 2.03. The zero-order chi connectivity index (χ0) is 7.14. The van der Waals surface area contributed by atoms with Crippen molar-refractivity contribution in [1.29, 1.82) is 0 Å². The Morgan fingerprint density at radius 2 is 2.30 bits per heavy atom. The summed E-state index contributed by atoms with van der Waals surface area (Å²) in [6, 6.07) is 0. The molecule has 1 aliphatic heterocycles.